The zero-order valence-corrected chi connectivity index (χ0v) is 13.1. The molecule has 126 valence electrons. The maximum Gasteiger partial charge on any atom is 0.322 e. The Morgan fingerprint density at radius 3 is 2.67 bits per heavy atom. The highest BCUT2D eigenvalue weighted by Crippen LogP contribution is 2.16. The van der Waals surface area contributed by atoms with Crippen molar-refractivity contribution in [1.29, 1.82) is 0 Å². The van der Waals surface area contributed by atoms with Crippen molar-refractivity contribution < 1.29 is 13.9 Å². The Balaban J connectivity index is 1.73. The molecule has 0 spiro atoms. The largest absolute Gasteiger partial charge is 0.467 e. The highest BCUT2D eigenvalue weighted by molar-refractivity contribution is 5.79. The van der Waals surface area contributed by atoms with Gasteiger partial charge in [-0.3, -0.25) is 0 Å². The molecule has 0 radical (unpaired) electrons. The Morgan fingerprint density at radius 2 is 1.96 bits per heavy atom. The number of benzene rings is 1. The molecule has 1 aliphatic heterocycles. The minimum atomic E-state index is -0.294. The van der Waals surface area contributed by atoms with E-state index in [9.17, 15) is 4.39 Å². The third-order valence-electron chi connectivity index (χ3n) is 3.33. The second-order valence-electron chi connectivity index (χ2n) is 4.97. The molecule has 0 aliphatic carbocycles. The van der Waals surface area contributed by atoms with E-state index in [1.165, 1.54) is 19.2 Å². The standard InChI is InChI=1S/C15H17FN6O2/c1-23-15-19-13(18-14(20-15)22-6-8-24-9-7-22)21-17-10-11-2-4-12(16)5-3-11/h2-5,10H,6-9H2,1H3,(H,18,19,20,21)/b17-10+. The van der Waals surface area contributed by atoms with Crippen molar-refractivity contribution in [3.05, 3.63) is 35.6 Å². The molecular formula is C15H17FN6O2. The van der Waals surface area contributed by atoms with Crippen LogP contribution in [0.2, 0.25) is 0 Å². The summed E-state index contributed by atoms with van der Waals surface area (Å²) >= 11 is 0. The molecule has 9 heteroatoms. The van der Waals surface area contributed by atoms with Gasteiger partial charge >= 0.3 is 6.01 Å². The average Bonchev–Trinajstić information content (AvgIpc) is 2.64. The van der Waals surface area contributed by atoms with Crippen molar-refractivity contribution in [2.24, 2.45) is 5.10 Å². The fourth-order valence-corrected chi connectivity index (χ4v) is 2.11. The highest BCUT2D eigenvalue weighted by Gasteiger charge is 2.16. The van der Waals surface area contributed by atoms with Gasteiger partial charge in [-0.1, -0.05) is 12.1 Å². The zero-order chi connectivity index (χ0) is 16.8. The number of nitrogens with one attached hydrogen (secondary N) is 1. The van der Waals surface area contributed by atoms with Gasteiger partial charge < -0.3 is 14.4 Å². The first-order chi connectivity index (χ1) is 11.7. The second kappa shape index (κ2) is 7.64. The zero-order valence-electron chi connectivity index (χ0n) is 13.1. The average molecular weight is 332 g/mol. The third kappa shape index (κ3) is 4.13. The summed E-state index contributed by atoms with van der Waals surface area (Å²) in [5.74, 6) is 0.476. The van der Waals surface area contributed by atoms with Crippen LogP contribution in [0.25, 0.3) is 0 Å². The molecule has 24 heavy (non-hydrogen) atoms. The van der Waals surface area contributed by atoms with Gasteiger partial charge in [0.1, 0.15) is 5.82 Å². The molecule has 1 N–H and O–H groups in total. The number of ether oxygens (including phenoxy) is 2. The molecule has 0 bridgehead atoms. The molecule has 1 aliphatic rings. The van der Waals surface area contributed by atoms with Crippen molar-refractivity contribution in [2.45, 2.75) is 0 Å². The summed E-state index contributed by atoms with van der Waals surface area (Å²) in [6, 6.07) is 6.17. The topological polar surface area (TPSA) is 84.8 Å². The Hall–Kier alpha value is -2.81. The van der Waals surface area contributed by atoms with Crippen LogP contribution in [0, 0.1) is 5.82 Å². The molecule has 1 aromatic carbocycles. The summed E-state index contributed by atoms with van der Waals surface area (Å²) in [5, 5.41) is 4.05. The first-order valence-corrected chi connectivity index (χ1v) is 7.42. The van der Waals surface area contributed by atoms with E-state index in [0.29, 0.717) is 32.3 Å². The number of hydrogen-bond acceptors (Lipinski definition) is 8. The lowest BCUT2D eigenvalue weighted by atomic mass is 10.2. The maximum absolute atomic E-state index is 12.9. The fraction of sp³-hybridized carbons (Fsp3) is 0.333. The van der Waals surface area contributed by atoms with Crippen LogP contribution in [0.3, 0.4) is 0 Å². The maximum atomic E-state index is 12.9. The van der Waals surface area contributed by atoms with Crippen molar-refractivity contribution >= 4 is 18.1 Å². The van der Waals surface area contributed by atoms with Crippen LogP contribution in [0.5, 0.6) is 6.01 Å². The molecule has 0 unspecified atom stereocenters. The monoisotopic (exact) mass is 332 g/mol. The normalized spacial score (nSPS) is 14.8. The number of halogens is 1. The van der Waals surface area contributed by atoms with Crippen LogP contribution in [-0.4, -0.2) is 54.6 Å². The number of anilines is 2. The van der Waals surface area contributed by atoms with Gasteiger partial charge in [-0.05, 0) is 17.7 Å². The number of hydrazone groups is 1. The minimum Gasteiger partial charge on any atom is -0.467 e. The molecule has 0 amide bonds. The Kier molecular flexibility index (Phi) is 5.12. The molecule has 0 saturated carbocycles. The number of morpholine rings is 1. The molecule has 8 nitrogen and oxygen atoms in total. The lowest BCUT2D eigenvalue weighted by Gasteiger charge is -2.26. The summed E-state index contributed by atoms with van der Waals surface area (Å²) in [7, 11) is 1.49. The Morgan fingerprint density at radius 1 is 1.21 bits per heavy atom. The first kappa shape index (κ1) is 16.1. The van der Waals surface area contributed by atoms with Crippen LogP contribution in [0.1, 0.15) is 5.56 Å². The van der Waals surface area contributed by atoms with Gasteiger partial charge in [0.2, 0.25) is 5.95 Å². The Labute approximate surface area is 138 Å². The molecule has 3 rings (SSSR count). The predicted molar refractivity (Wildman–Crippen MR) is 87.0 cm³/mol. The fourth-order valence-electron chi connectivity index (χ4n) is 2.11. The first-order valence-electron chi connectivity index (χ1n) is 7.42. The van der Waals surface area contributed by atoms with Crippen molar-refractivity contribution in [2.75, 3.05) is 43.7 Å². The van der Waals surface area contributed by atoms with Gasteiger partial charge in [-0.25, -0.2) is 9.82 Å². The highest BCUT2D eigenvalue weighted by atomic mass is 19.1. The van der Waals surface area contributed by atoms with Crippen molar-refractivity contribution in [1.82, 2.24) is 15.0 Å². The van der Waals surface area contributed by atoms with E-state index in [1.807, 2.05) is 4.90 Å². The van der Waals surface area contributed by atoms with E-state index in [1.54, 1.807) is 18.3 Å². The van der Waals surface area contributed by atoms with Gasteiger partial charge in [-0.2, -0.15) is 20.1 Å². The molecule has 1 fully saturated rings. The van der Waals surface area contributed by atoms with E-state index in [4.69, 9.17) is 9.47 Å². The number of aromatic nitrogens is 3. The molecule has 0 atom stereocenters. The molecule has 1 aromatic heterocycles. The molecule has 1 saturated heterocycles. The van der Waals surface area contributed by atoms with Crippen molar-refractivity contribution in [3.63, 3.8) is 0 Å². The number of rotatable bonds is 5. The van der Waals surface area contributed by atoms with Crippen LogP contribution < -0.4 is 15.1 Å². The third-order valence-corrected chi connectivity index (χ3v) is 3.33. The summed E-state index contributed by atoms with van der Waals surface area (Å²) in [5.41, 5.74) is 3.49. The van der Waals surface area contributed by atoms with Crippen LogP contribution >= 0.6 is 0 Å². The minimum absolute atomic E-state index is 0.200. The summed E-state index contributed by atoms with van der Waals surface area (Å²) in [4.78, 5) is 14.7. The van der Waals surface area contributed by atoms with Gasteiger partial charge in [0, 0.05) is 13.1 Å². The van der Waals surface area contributed by atoms with Gasteiger partial charge in [0.05, 0.1) is 26.5 Å². The van der Waals surface area contributed by atoms with Crippen molar-refractivity contribution in [3.8, 4) is 6.01 Å². The van der Waals surface area contributed by atoms with E-state index in [0.717, 1.165) is 5.56 Å². The van der Waals surface area contributed by atoms with Gasteiger partial charge in [0.25, 0.3) is 5.95 Å². The van der Waals surface area contributed by atoms with Gasteiger partial charge in [-0.15, -0.1) is 0 Å². The molecular weight excluding hydrogens is 315 g/mol. The van der Waals surface area contributed by atoms with Crippen LogP contribution in [-0.2, 0) is 4.74 Å². The quantitative estimate of drug-likeness (QED) is 0.652. The lowest BCUT2D eigenvalue weighted by Crippen LogP contribution is -2.37. The predicted octanol–water partition coefficient (Wildman–Crippen LogP) is 1.30. The number of nitrogens with zero attached hydrogens (tertiary/aromatic N) is 5. The lowest BCUT2D eigenvalue weighted by molar-refractivity contribution is 0.122. The smallest absolute Gasteiger partial charge is 0.322 e. The van der Waals surface area contributed by atoms with Crippen LogP contribution in [0.15, 0.2) is 29.4 Å². The van der Waals surface area contributed by atoms with E-state index < -0.39 is 0 Å². The second-order valence-corrected chi connectivity index (χ2v) is 4.97. The van der Waals surface area contributed by atoms with Gasteiger partial charge in [0.15, 0.2) is 0 Å². The molecule has 2 heterocycles. The number of methoxy groups -OCH3 is 1. The van der Waals surface area contributed by atoms with E-state index >= 15 is 0 Å². The van der Waals surface area contributed by atoms with Crippen LogP contribution in [0.4, 0.5) is 16.3 Å². The summed E-state index contributed by atoms with van der Waals surface area (Å²) in [6.07, 6.45) is 1.55. The van der Waals surface area contributed by atoms with E-state index in [2.05, 4.69) is 25.5 Å². The molecule has 2 aromatic rings. The van der Waals surface area contributed by atoms with E-state index in [-0.39, 0.29) is 17.8 Å². The SMILES string of the molecule is COc1nc(N/N=C/c2ccc(F)cc2)nc(N2CCOCC2)n1. The number of hydrogen-bond donors (Lipinski definition) is 1. The summed E-state index contributed by atoms with van der Waals surface area (Å²) < 4.78 is 23.3. The summed E-state index contributed by atoms with van der Waals surface area (Å²) in [6.45, 7) is 2.65. The Bertz CT molecular complexity index is 704.